The van der Waals surface area contributed by atoms with E-state index in [4.69, 9.17) is 12.2 Å². The number of rotatable bonds is 2. The Balaban J connectivity index is 2.19. The van der Waals surface area contributed by atoms with Crippen molar-refractivity contribution in [3.63, 3.8) is 0 Å². The van der Waals surface area contributed by atoms with E-state index in [1.54, 1.807) is 0 Å². The number of H-pyrrole nitrogens is 1. The van der Waals surface area contributed by atoms with Crippen molar-refractivity contribution in [3.05, 3.63) is 48.4 Å². The van der Waals surface area contributed by atoms with Gasteiger partial charge < -0.3 is 9.55 Å². The average Bonchev–Trinajstić information content (AvgIpc) is 2.91. The van der Waals surface area contributed by atoms with E-state index in [-0.39, 0.29) is 6.04 Å². The van der Waals surface area contributed by atoms with Gasteiger partial charge in [-0.3, -0.25) is 0 Å². The first-order valence-electron chi connectivity index (χ1n) is 6.02. The van der Waals surface area contributed by atoms with Crippen molar-refractivity contribution >= 4 is 57.2 Å². The largest absolute Gasteiger partial charge is 0.331 e. The molecular formula is C14H13IN2S2. The lowest BCUT2D eigenvalue weighted by atomic mass is 10.2. The fraction of sp³-hybridized carbons (Fsp3) is 0.214. The Kier molecular flexibility index (Phi) is 3.53. The standard InChI is InChI=1S/C14H13IN2S2/c1-8-3-6-13(19-8)9(2)17-12-5-4-10(15)7-11(12)16-14(17)18/h3-7,9H,1-2H3,(H,16,18). The van der Waals surface area contributed by atoms with Gasteiger partial charge in [-0.2, -0.15) is 0 Å². The second-order valence-corrected chi connectivity index (χ2v) is 7.54. The van der Waals surface area contributed by atoms with Gasteiger partial charge in [0.1, 0.15) is 0 Å². The Morgan fingerprint density at radius 1 is 1.32 bits per heavy atom. The maximum atomic E-state index is 5.49. The molecule has 0 aliphatic rings. The number of halogens is 1. The summed E-state index contributed by atoms with van der Waals surface area (Å²) < 4.78 is 4.20. The third-order valence-electron chi connectivity index (χ3n) is 3.24. The number of fused-ring (bicyclic) bond motifs is 1. The number of hydrogen-bond acceptors (Lipinski definition) is 2. The van der Waals surface area contributed by atoms with Crippen molar-refractivity contribution in [1.82, 2.24) is 9.55 Å². The summed E-state index contributed by atoms with van der Waals surface area (Å²) in [6.45, 7) is 4.34. The lowest BCUT2D eigenvalue weighted by Crippen LogP contribution is -2.04. The highest BCUT2D eigenvalue weighted by Gasteiger charge is 2.14. The Hall–Kier alpha value is -0.660. The van der Waals surface area contributed by atoms with E-state index in [0.29, 0.717) is 0 Å². The van der Waals surface area contributed by atoms with Crippen LogP contribution in [0.15, 0.2) is 30.3 Å². The van der Waals surface area contributed by atoms with E-state index >= 15 is 0 Å². The lowest BCUT2D eigenvalue weighted by Gasteiger charge is -2.12. The van der Waals surface area contributed by atoms with Gasteiger partial charge in [0.25, 0.3) is 0 Å². The normalized spacial score (nSPS) is 13.0. The molecule has 0 aliphatic heterocycles. The van der Waals surface area contributed by atoms with E-state index in [1.807, 2.05) is 11.3 Å². The van der Waals surface area contributed by atoms with E-state index in [9.17, 15) is 0 Å². The molecule has 0 saturated carbocycles. The minimum atomic E-state index is 0.264. The molecule has 0 amide bonds. The van der Waals surface area contributed by atoms with Crippen LogP contribution in [0.1, 0.15) is 22.7 Å². The maximum Gasteiger partial charge on any atom is 0.178 e. The quantitative estimate of drug-likeness (QED) is 0.458. The predicted octanol–water partition coefficient (Wildman–Crippen LogP) is 5.28. The molecule has 0 bridgehead atoms. The summed E-state index contributed by atoms with van der Waals surface area (Å²) in [5, 5.41) is 0. The molecule has 3 rings (SSSR count). The molecule has 1 unspecified atom stereocenters. The SMILES string of the molecule is Cc1ccc(C(C)n2c(=S)[nH]c3cc(I)ccc32)s1. The van der Waals surface area contributed by atoms with Gasteiger partial charge in [0, 0.05) is 13.3 Å². The van der Waals surface area contributed by atoms with Crippen molar-refractivity contribution in [2.24, 2.45) is 0 Å². The molecule has 2 aromatic heterocycles. The number of hydrogen-bond donors (Lipinski definition) is 1. The zero-order valence-corrected chi connectivity index (χ0v) is 14.4. The molecule has 1 aromatic carbocycles. The molecule has 1 atom stereocenters. The molecule has 0 saturated heterocycles. The maximum absolute atomic E-state index is 5.49. The van der Waals surface area contributed by atoms with Crippen LogP contribution >= 0.6 is 46.1 Å². The van der Waals surface area contributed by atoms with Crippen LogP contribution in [0.3, 0.4) is 0 Å². The average molecular weight is 400 g/mol. The number of aromatic amines is 1. The van der Waals surface area contributed by atoms with Crippen molar-refractivity contribution in [2.45, 2.75) is 19.9 Å². The second-order valence-electron chi connectivity index (χ2n) is 4.59. The summed E-state index contributed by atoms with van der Waals surface area (Å²) >= 11 is 9.64. The van der Waals surface area contributed by atoms with Crippen LogP contribution in [-0.4, -0.2) is 9.55 Å². The fourth-order valence-electron chi connectivity index (χ4n) is 2.29. The van der Waals surface area contributed by atoms with Gasteiger partial charge in [-0.05, 0) is 79.0 Å². The zero-order chi connectivity index (χ0) is 13.6. The molecule has 2 heterocycles. The highest BCUT2D eigenvalue weighted by molar-refractivity contribution is 14.1. The van der Waals surface area contributed by atoms with E-state index in [0.717, 1.165) is 10.3 Å². The number of benzene rings is 1. The van der Waals surface area contributed by atoms with Crippen LogP contribution in [0.4, 0.5) is 0 Å². The highest BCUT2D eigenvalue weighted by atomic mass is 127. The lowest BCUT2D eigenvalue weighted by molar-refractivity contribution is 0.661. The molecule has 5 heteroatoms. The molecule has 0 spiro atoms. The number of nitrogens with zero attached hydrogens (tertiary/aromatic N) is 1. The van der Waals surface area contributed by atoms with Crippen molar-refractivity contribution < 1.29 is 0 Å². The number of thiophene rings is 1. The summed E-state index contributed by atoms with van der Waals surface area (Å²) in [6.07, 6.45) is 0. The molecular weight excluding hydrogens is 387 g/mol. The molecule has 2 nitrogen and oxygen atoms in total. The summed E-state index contributed by atoms with van der Waals surface area (Å²) in [4.78, 5) is 5.98. The second kappa shape index (κ2) is 5.03. The minimum Gasteiger partial charge on any atom is -0.331 e. The third kappa shape index (κ3) is 2.39. The Bertz CT molecular complexity index is 797. The van der Waals surface area contributed by atoms with Gasteiger partial charge in [-0.15, -0.1) is 11.3 Å². The molecule has 0 aliphatic carbocycles. The monoisotopic (exact) mass is 400 g/mol. The smallest absolute Gasteiger partial charge is 0.178 e. The summed E-state index contributed by atoms with van der Waals surface area (Å²) in [5.74, 6) is 0. The molecule has 98 valence electrons. The van der Waals surface area contributed by atoms with Gasteiger partial charge in [0.05, 0.1) is 17.1 Å². The summed E-state index contributed by atoms with van der Waals surface area (Å²) in [5.41, 5.74) is 2.28. The van der Waals surface area contributed by atoms with Gasteiger partial charge >= 0.3 is 0 Å². The Morgan fingerprint density at radius 3 is 2.79 bits per heavy atom. The topological polar surface area (TPSA) is 20.7 Å². The van der Waals surface area contributed by atoms with Gasteiger partial charge in [-0.25, -0.2) is 0 Å². The predicted molar refractivity (Wildman–Crippen MR) is 92.7 cm³/mol. The number of aryl methyl sites for hydroxylation is 1. The van der Waals surface area contributed by atoms with Gasteiger partial charge in [0.15, 0.2) is 4.77 Å². The van der Waals surface area contributed by atoms with Crippen LogP contribution in [0, 0.1) is 15.3 Å². The van der Waals surface area contributed by atoms with Gasteiger partial charge in [-0.1, -0.05) is 0 Å². The first-order valence-corrected chi connectivity index (χ1v) is 8.33. The first-order chi connectivity index (χ1) is 9.06. The van der Waals surface area contributed by atoms with Crippen molar-refractivity contribution in [3.8, 4) is 0 Å². The van der Waals surface area contributed by atoms with Crippen LogP contribution in [0.2, 0.25) is 0 Å². The number of imidazole rings is 1. The molecule has 0 radical (unpaired) electrons. The van der Waals surface area contributed by atoms with Crippen LogP contribution in [0.5, 0.6) is 0 Å². The van der Waals surface area contributed by atoms with Crippen molar-refractivity contribution in [2.75, 3.05) is 0 Å². The van der Waals surface area contributed by atoms with Gasteiger partial charge in [0.2, 0.25) is 0 Å². The molecule has 19 heavy (non-hydrogen) atoms. The number of aromatic nitrogens is 2. The summed E-state index contributed by atoms with van der Waals surface area (Å²) in [7, 11) is 0. The van der Waals surface area contributed by atoms with E-state index in [1.165, 1.54) is 18.8 Å². The third-order valence-corrected chi connectivity index (χ3v) is 5.38. The Labute approximate surface area is 134 Å². The minimum absolute atomic E-state index is 0.264. The van der Waals surface area contributed by atoms with Crippen LogP contribution < -0.4 is 0 Å². The van der Waals surface area contributed by atoms with Crippen LogP contribution in [0.25, 0.3) is 11.0 Å². The molecule has 1 N–H and O–H groups in total. The zero-order valence-electron chi connectivity index (χ0n) is 10.6. The molecule has 0 fully saturated rings. The molecule has 3 aromatic rings. The number of nitrogens with one attached hydrogen (secondary N) is 1. The van der Waals surface area contributed by atoms with Crippen molar-refractivity contribution in [1.29, 1.82) is 0 Å². The van der Waals surface area contributed by atoms with E-state index in [2.05, 4.69) is 76.3 Å². The first kappa shape index (κ1) is 13.3. The van der Waals surface area contributed by atoms with Crippen LogP contribution in [-0.2, 0) is 0 Å². The Morgan fingerprint density at radius 2 is 2.11 bits per heavy atom. The summed E-state index contributed by atoms with van der Waals surface area (Å²) in [6, 6.07) is 11.0. The highest BCUT2D eigenvalue weighted by Crippen LogP contribution is 2.29. The fourth-order valence-corrected chi connectivity index (χ4v) is 4.07. The van der Waals surface area contributed by atoms with E-state index < -0.39 is 0 Å².